The Morgan fingerprint density at radius 2 is 2.05 bits per heavy atom. The van der Waals surface area contributed by atoms with Crippen LogP contribution in [0.3, 0.4) is 0 Å². The van der Waals surface area contributed by atoms with Crippen molar-refractivity contribution >= 4 is 17.3 Å². The van der Waals surface area contributed by atoms with Gasteiger partial charge in [0, 0.05) is 28.5 Å². The van der Waals surface area contributed by atoms with Gasteiger partial charge in [0.15, 0.2) is 0 Å². The molecular weight excluding hydrogens is 277 g/mol. The molecule has 0 aliphatic heterocycles. The highest BCUT2D eigenvalue weighted by atomic mass is 35.5. The molecule has 2 aromatic rings. The maximum absolute atomic E-state index is 13.4. The zero-order valence-corrected chi connectivity index (χ0v) is 12.9. The Morgan fingerprint density at radius 3 is 2.60 bits per heavy atom. The van der Waals surface area contributed by atoms with Gasteiger partial charge in [-0.1, -0.05) is 11.6 Å². The van der Waals surface area contributed by atoms with E-state index in [-0.39, 0.29) is 11.9 Å². The average Bonchev–Trinajstić information content (AvgIpc) is 2.62. The van der Waals surface area contributed by atoms with Crippen molar-refractivity contribution in [2.45, 2.75) is 40.3 Å². The zero-order chi connectivity index (χ0) is 14.9. The van der Waals surface area contributed by atoms with E-state index >= 15 is 0 Å². The number of nitrogens with zero attached hydrogens (tertiary/aromatic N) is 2. The molecule has 0 amide bonds. The van der Waals surface area contributed by atoms with Gasteiger partial charge in [-0.2, -0.15) is 5.10 Å². The van der Waals surface area contributed by atoms with Crippen molar-refractivity contribution in [2.24, 2.45) is 0 Å². The van der Waals surface area contributed by atoms with E-state index in [9.17, 15) is 4.39 Å². The minimum atomic E-state index is -0.343. The van der Waals surface area contributed by atoms with Gasteiger partial charge in [0.25, 0.3) is 0 Å². The highest BCUT2D eigenvalue weighted by Crippen LogP contribution is 2.27. The zero-order valence-electron chi connectivity index (χ0n) is 12.2. The minimum Gasteiger partial charge on any atom is -0.378 e. The summed E-state index contributed by atoms with van der Waals surface area (Å²) in [4.78, 5) is 0. The van der Waals surface area contributed by atoms with Crippen molar-refractivity contribution < 1.29 is 4.39 Å². The summed E-state index contributed by atoms with van der Waals surface area (Å²) in [5.74, 6) is -0.343. The molecule has 2 rings (SSSR count). The Labute approximate surface area is 123 Å². The monoisotopic (exact) mass is 295 g/mol. The fraction of sp³-hybridized carbons (Fsp3) is 0.400. The predicted molar refractivity (Wildman–Crippen MR) is 80.8 cm³/mol. The largest absolute Gasteiger partial charge is 0.378 e. The van der Waals surface area contributed by atoms with Crippen LogP contribution < -0.4 is 5.32 Å². The lowest BCUT2D eigenvalue weighted by molar-refractivity contribution is 0.627. The number of hydrogen-bond donors (Lipinski definition) is 1. The lowest BCUT2D eigenvalue weighted by Gasteiger charge is -2.16. The van der Waals surface area contributed by atoms with Crippen LogP contribution in [-0.4, -0.2) is 9.78 Å². The van der Waals surface area contributed by atoms with Crippen molar-refractivity contribution in [3.05, 3.63) is 46.0 Å². The van der Waals surface area contributed by atoms with E-state index in [1.54, 1.807) is 6.07 Å². The molecular formula is C15H19ClFN3. The molecule has 0 fully saturated rings. The van der Waals surface area contributed by atoms with E-state index in [4.69, 9.17) is 11.6 Å². The summed E-state index contributed by atoms with van der Waals surface area (Å²) >= 11 is 5.87. The first-order valence-electron chi connectivity index (χ1n) is 6.69. The van der Waals surface area contributed by atoms with Crippen LogP contribution in [0.5, 0.6) is 0 Å². The number of aryl methyl sites for hydroxylation is 2. The van der Waals surface area contributed by atoms with Crippen molar-refractivity contribution in [3.63, 3.8) is 0 Å². The lowest BCUT2D eigenvalue weighted by atomic mass is 10.1. The van der Waals surface area contributed by atoms with Crippen LogP contribution in [0, 0.1) is 19.7 Å². The Balaban J connectivity index is 2.28. The maximum Gasteiger partial charge on any atom is 0.126 e. The van der Waals surface area contributed by atoms with Crippen LogP contribution in [0.4, 0.5) is 10.1 Å². The first-order chi connectivity index (χ1) is 9.42. The second kappa shape index (κ2) is 5.83. The first-order valence-corrected chi connectivity index (χ1v) is 7.06. The molecule has 0 spiro atoms. The van der Waals surface area contributed by atoms with Crippen LogP contribution in [0.2, 0.25) is 5.02 Å². The van der Waals surface area contributed by atoms with Crippen LogP contribution >= 0.6 is 11.6 Å². The second-order valence-electron chi connectivity index (χ2n) is 4.92. The van der Waals surface area contributed by atoms with Crippen LogP contribution in [0.1, 0.15) is 36.8 Å². The standard InChI is InChI=1S/C15H19ClFN3/c1-5-20-11(4)15(10(3)19-20)9(2)18-14-7-12(16)6-13(17)8-14/h6-9,18H,5H2,1-4H3. The molecule has 1 heterocycles. The summed E-state index contributed by atoms with van der Waals surface area (Å²) in [5.41, 5.74) is 3.94. The Kier molecular flexibility index (Phi) is 4.33. The first kappa shape index (κ1) is 14.9. The molecule has 1 aromatic carbocycles. The number of nitrogens with one attached hydrogen (secondary N) is 1. The molecule has 3 nitrogen and oxygen atoms in total. The van der Waals surface area contributed by atoms with E-state index in [2.05, 4.69) is 24.3 Å². The normalized spacial score (nSPS) is 12.5. The highest BCUT2D eigenvalue weighted by Gasteiger charge is 2.17. The van der Waals surface area contributed by atoms with E-state index in [1.165, 1.54) is 12.1 Å². The molecule has 0 saturated carbocycles. The molecule has 5 heteroatoms. The summed E-state index contributed by atoms with van der Waals surface area (Å²) in [6.45, 7) is 8.98. The Morgan fingerprint density at radius 1 is 1.35 bits per heavy atom. The molecule has 0 saturated heterocycles. The van der Waals surface area contributed by atoms with Crippen LogP contribution in [0.15, 0.2) is 18.2 Å². The third-order valence-electron chi connectivity index (χ3n) is 3.42. The lowest BCUT2D eigenvalue weighted by Crippen LogP contribution is -2.09. The van der Waals surface area contributed by atoms with Gasteiger partial charge in [0.1, 0.15) is 5.82 Å². The smallest absolute Gasteiger partial charge is 0.126 e. The molecule has 108 valence electrons. The number of anilines is 1. The molecule has 0 aliphatic rings. The van der Waals surface area contributed by atoms with E-state index in [0.717, 1.165) is 23.5 Å². The van der Waals surface area contributed by atoms with Gasteiger partial charge in [0.2, 0.25) is 0 Å². The molecule has 0 bridgehead atoms. The topological polar surface area (TPSA) is 29.9 Å². The molecule has 0 aliphatic carbocycles. The molecule has 1 N–H and O–H groups in total. The molecule has 1 unspecified atom stereocenters. The summed E-state index contributed by atoms with van der Waals surface area (Å²) in [5, 5.41) is 8.17. The fourth-order valence-corrected chi connectivity index (χ4v) is 2.83. The number of rotatable bonds is 4. The van der Waals surface area contributed by atoms with Crippen molar-refractivity contribution in [3.8, 4) is 0 Å². The van der Waals surface area contributed by atoms with Gasteiger partial charge >= 0.3 is 0 Å². The minimum absolute atomic E-state index is 0.0353. The number of benzene rings is 1. The molecule has 0 radical (unpaired) electrons. The van der Waals surface area contributed by atoms with Gasteiger partial charge in [-0.3, -0.25) is 4.68 Å². The molecule has 1 atom stereocenters. The van der Waals surface area contributed by atoms with Gasteiger partial charge < -0.3 is 5.32 Å². The quantitative estimate of drug-likeness (QED) is 0.901. The highest BCUT2D eigenvalue weighted by molar-refractivity contribution is 6.30. The van der Waals surface area contributed by atoms with Crippen LogP contribution in [-0.2, 0) is 6.54 Å². The number of hydrogen-bond acceptors (Lipinski definition) is 2. The van der Waals surface area contributed by atoms with Crippen molar-refractivity contribution in [2.75, 3.05) is 5.32 Å². The summed E-state index contributed by atoms with van der Waals surface area (Å²) in [7, 11) is 0. The van der Waals surface area contributed by atoms with Gasteiger partial charge in [-0.05, 0) is 45.9 Å². The van der Waals surface area contributed by atoms with Crippen molar-refractivity contribution in [1.82, 2.24) is 9.78 Å². The summed E-state index contributed by atoms with van der Waals surface area (Å²) in [6, 6.07) is 4.49. The Bertz CT molecular complexity index is 602. The summed E-state index contributed by atoms with van der Waals surface area (Å²) in [6.07, 6.45) is 0. The molecule has 1 aromatic heterocycles. The SMILES string of the molecule is CCn1nc(C)c(C(C)Nc2cc(F)cc(Cl)c2)c1C. The molecule has 20 heavy (non-hydrogen) atoms. The van der Waals surface area contributed by atoms with E-state index in [1.807, 2.05) is 18.5 Å². The predicted octanol–water partition coefficient (Wildman–Crippen LogP) is 4.49. The van der Waals surface area contributed by atoms with E-state index in [0.29, 0.717) is 10.7 Å². The van der Waals surface area contributed by atoms with Gasteiger partial charge in [0.05, 0.1) is 11.7 Å². The van der Waals surface area contributed by atoms with Gasteiger partial charge in [-0.25, -0.2) is 4.39 Å². The second-order valence-corrected chi connectivity index (χ2v) is 5.36. The maximum atomic E-state index is 13.4. The third-order valence-corrected chi connectivity index (χ3v) is 3.63. The van der Waals surface area contributed by atoms with Crippen molar-refractivity contribution in [1.29, 1.82) is 0 Å². The number of halogens is 2. The fourth-order valence-electron chi connectivity index (χ4n) is 2.60. The third kappa shape index (κ3) is 2.96. The Hall–Kier alpha value is -1.55. The summed E-state index contributed by atoms with van der Waals surface area (Å²) < 4.78 is 15.3. The van der Waals surface area contributed by atoms with E-state index < -0.39 is 0 Å². The number of aromatic nitrogens is 2. The van der Waals surface area contributed by atoms with Crippen LogP contribution in [0.25, 0.3) is 0 Å². The van der Waals surface area contributed by atoms with Gasteiger partial charge in [-0.15, -0.1) is 0 Å². The average molecular weight is 296 g/mol.